The minimum Gasteiger partial charge on any atom is -0.465 e. The SMILES string of the molecule is CCOC(=O)C1(C(=O)OCC)CC=C2C(=CC34C=CC=CC3=CC=C3C=CC=CC324)C1. The average molecular weight is 415 g/mol. The first-order valence-electron chi connectivity index (χ1n) is 11.0. The number of esters is 2. The zero-order valence-corrected chi connectivity index (χ0v) is 17.9. The van der Waals surface area contributed by atoms with Gasteiger partial charge in [0.25, 0.3) is 0 Å². The van der Waals surface area contributed by atoms with Gasteiger partial charge in [0, 0.05) is 5.41 Å². The van der Waals surface area contributed by atoms with Crippen molar-refractivity contribution in [3.05, 3.63) is 95.2 Å². The molecule has 4 nitrogen and oxygen atoms in total. The van der Waals surface area contributed by atoms with E-state index in [2.05, 4.69) is 72.9 Å². The van der Waals surface area contributed by atoms with Crippen molar-refractivity contribution in [2.75, 3.05) is 13.2 Å². The molecule has 4 heteroatoms. The topological polar surface area (TPSA) is 52.6 Å². The second-order valence-corrected chi connectivity index (χ2v) is 8.55. The fraction of sp³-hybridized carbons (Fsp3) is 0.333. The van der Waals surface area contributed by atoms with Crippen LogP contribution in [0.25, 0.3) is 0 Å². The van der Waals surface area contributed by atoms with E-state index >= 15 is 0 Å². The summed E-state index contributed by atoms with van der Waals surface area (Å²) >= 11 is 0. The molecule has 0 aliphatic heterocycles. The summed E-state index contributed by atoms with van der Waals surface area (Å²) in [6.07, 6.45) is 26.4. The van der Waals surface area contributed by atoms with E-state index in [1.54, 1.807) is 13.8 Å². The van der Waals surface area contributed by atoms with Gasteiger partial charge in [0.2, 0.25) is 0 Å². The number of allylic oxidation sites excluding steroid dienone is 16. The summed E-state index contributed by atoms with van der Waals surface area (Å²) in [4.78, 5) is 26.1. The van der Waals surface area contributed by atoms with Crippen LogP contribution in [0.4, 0.5) is 0 Å². The highest BCUT2D eigenvalue weighted by atomic mass is 16.6. The molecule has 31 heavy (non-hydrogen) atoms. The molecule has 0 heterocycles. The zero-order chi connectivity index (χ0) is 21.7. The van der Waals surface area contributed by atoms with E-state index in [4.69, 9.17) is 9.47 Å². The summed E-state index contributed by atoms with van der Waals surface area (Å²) in [5.41, 5.74) is 2.56. The molecule has 158 valence electrons. The number of ether oxygens (including phenoxy) is 2. The maximum atomic E-state index is 13.0. The fourth-order valence-corrected chi connectivity index (χ4v) is 5.85. The number of hydrogen-bond acceptors (Lipinski definition) is 4. The Morgan fingerprint density at radius 1 is 0.903 bits per heavy atom. The molecule has 0 aromatic heterocycles. The Balaban J connectivity index is 1.69. The van der Waals surface area contributed by atoms with Crippen LogP contribution in [0.5, 0.6) is 0 Å². The van der Waals surface area contributed by atoms with Crippen molar-refractivity contribution in [2.24, 2.45) is 16.2 Å². The molecule has 2 unspecified atom stereocenters. The summed E-state index contributed by atoms with van der Waals surface area (Å²) in [5.74, 6) is -1.00. The Morgan fingerprint density at radius 3 is 2.26 bits per heavy atom. The molecule has 0 bridgehead atoms. The first-order chi connectivity index (χ1) is 15.0. The zero-order valence-electron chi connectivity index (χ0n) is 17.9. The maximum Gasteiger partial charge on any atom is 0.324 e. The molecule has 5 rings (SSSR count). The Labute approximate surface area is 182 Å². The van der Waals surface area contributed by atoms with Gasteiger partial charge in [-0.3, -0.25) is 9.59 Å². The Morgan fingerprint density at radius 2 is 1.55 bits per heavy atom. The van der Waals surface area contributed by atoms with Crippen LogP contribution in [0.15, 0.2) is 95.2 Å². The van der Waals surface area contributed by atoms with Crippen molar-refractivity contribution in [1.29, 1.82) is 0 Å². The number of rotatable bonds is 4. The van der Waals surface area contributed by atoms with Crippen LogP contribution in [0.3, 0.4) is 0 Å². The van der Waals surface area contributed by atoms with Gasteiger partial charge in [-0.1, -0.05) is 72.9 Å². The molecular weight excluding hydrogens is 388 g/mol. The lowest BCUT2D eigenvalue weighted by atomic mass is 9.52. The molecule has 5 aliphatic carbocycles. The molecule has 2 spiro atoms. The van der Waals surface area contributed by atoms with Gasteiger partial charge in [-0.2, -0.15) is 0 Å². The average Bonchev–Trinajstić information content (AvgIpc) is 3.06. The van der Waals surface area contributed by atoms with E-state index in [9.17, 15) is 9.59 Å². The van der Waals surface area contributed by atoms with Crippen molar-refractivity contribution >= 4 is 11.9 Å². The van der Waals surface area contributed by atoms with Crippen LogP contribution in [0, 0.1) is 16.2 Å². The van der Waals surface area contributed by atoms with E-state index in [-0.39, 0.29) is 36.9 Å². The third-order valence-electron chi connectivity index (χ3n) is 7.16. The van der Waals surface area contributed by atoms with Gasteiger partial charge in [0.1, 0.15) is 0 Å². The predicted molar refractivity (Wildman–Crippen MR) is 119 cm³/mol. The molecule has 2 atom stereocenters. The van der Waals surface area contributed by atoms with Gasteiger partial charge < -0.3 is 9.47 Å². The van der Waals surface area contributed by atoms with Crippen molar-refractivity contribution in [3.63, 3.8) is 0 Å². The van der Waals surface area contributed by atoms with Crippen LogP contribution in [0.2, 0.25) is 0 Å². The number of carbonyl (C=O) groups is 2. The second-order valence-electron chi connectivity index (χ2n) is 8.55. The summed E-state index contributed by atoms with van der Waals surface area (Å²) < 4.78 is 10.7. The Kier molecular flexibility index (Phi) is 4.44. The van der Waals surface area contributed by atoms with Crippen LogP contribution in [0.1, 0.15) is 26.7 Å². The van der Waals surface area contributed by atoms with Crippen LogP contribution in [-0.4, -0.2) is 25.2 Å². The number of carbonyl (C=O) groups excluding carboxylic acids is 2. The molecule has 0 aromatic carbocycles. The third kappa shape index (κ3) is 2.42. The van der Waals surface area contributed by atoms with Gasteiger partial charge >= 0.3 is 11.9 Å². The molecule has 0 saturated carbocycles. The lowest BCUT2D eigenvalue weighted by Gasteiger charge is -2.49. The van der Waals surface area contributed by atoms with Gasteiger partial charge in [-0.25, -0.2) is 0 Å². The summed E-state index contributed by atoms with van der Waals surface area (Å²) in [6.45, 7) is 3.97. The highest BCUT2D eigenvalue weighted by Gasteiger charge is 2.62. The number of fused-ring (bicyclic) bond motifs is 1. The lowest BCUT2D eigenvalue weighted by Crippen LogP contribution is -2.45. The smallest absolute Gasteiger partial charge is 0.324 e. The predicted octanol–water partition coefficient (Wildman–Crippen LogP) is 4.85. The maximum absolute atomic E-state index is 13.0. The van der Waals surface area contributed by atoms with Crippen molar-refractivity contribution in [2.45, 2.75) is 26.7 Å². The van der Waals surface area contributed by atoms with Gasteiger partial charge in [0.05, 0.1) is 18.6 Å². The fourth-order valence-electron chi connectivity index (χ4n) is 5.85. The van der Waals surface area contributed by atoms with Gasteiger partial charge in [-0.05, 0) is 49.0 Å². The van der Waals surface area contributed by atoms with Crippen LogP contribution >= 0.6 is 0 Å². The normalized spacial score (nSPS) is 30.6. The largest absolute Gasteiger partial charge is 0.465 e. The molecular formula is C27H26O4. The lowest BCUT2D eigenvalue weighted by molar-refractivity contribution is -0.172. The van der Waals surface area contributed by atoms with Crippen molar-refractivity contribution in [1.82, 2.24) is 0 Å². The molecule has 0 amide bonds. The molecule has 0 saturated heterocycles. The third-order valence-corrected chi connectivity index (χ3v) is 7.16. The molecule has 0 fully saturated rings. The van der Waals surface area contributed by atoms with Crippen molar-refractivity contribution in [3.8, 4) is 0 Å². The Hall–Kier alpha value is -3.14. The van der Waals surface area contributed by atoms with Crippen LogP contribution < -0.4 is 0 Å². The van der Waals surface area contributed by atoms with E-state index in [0.717, 1.165) is 5.57 Å². The minimum atomic E-state index is -1.33. The Bertz CT molecular complexity index is 1090. The van der Waals surface area contributed by atoms with E-state index in [1.807, 2.05) is 0 Å². The quantitative estimate of drug-likeness (QED) is 0.487. The second kappa shape index (κ2) is 6.94. The summed E-state index contributed by atoms with van der Waals surface area (Å²) in [7, 11) is 0. The van der Waals surface area contributed by atoms with Crippen molar-refractivity contribution < 1.29 is 19.1 Å². The number of hydrogen-bond donors (Lipinski definition) is 0. The van der Waals surface area contributed by atoms with Gasteiger partial charge in [-0.15, -0.1) is 0 Å². The molecule has 0 aromatic rings. The highest BCUT2D eigenvalue weighted by molar-refractivity contribution is 6.01. The van der Waals surface area contributed by atoms with Crippen LogP contribution in [-0.2, 0) is 19.1 Å². The van der Waals surface area contributed by atoms with E-state index in [0.29, 0.717) is 0 Å². The summed E-state index contributed by atoms with van der Waals surface area (Å²) in [6, 6.07) is 0. The van der Waals surface area contributed by atoms with E-state index in [1.165, 1.54) is 16.7 Å². The minimum absolute atomic E-state index is 0.227. The monoisotopic (exact) mass is 414 g/mol. The molecule has 5 aliphatic rings. The van der Waals surface area contributed by atoms with Gasteiger partial charge in [0.15, 0.2) is 5.41 Å². The highest BCUT2D eigenvalue weighted by Crippen LogP contribution is 2.69. The van der Waals surface area contributed by atoms with E-state index < -0.39 is 17.4 Å². The molecule has 0 radical (unpaired) electrons. The first-order valence-corrected chi connectivity index (χ1v) is 11.0. The first kappa shape index (κ1) is 19.8. The molecule has 0 N–H and O–H groups in total. The standard InChI is InChI=1S/C27H26O4/c1-3-30-23(28)25(24(29)31-4-2)16-13-22-19(17-25)18-26-14-7-5-9-20(26)11-12-21-10-6-8-15-27(21,22)26/h5-15,18H,3-4,16-17H2,1-2H3. The summed E-state index contributed by atoms with van der Waals surface area (Å²) in [5, 5.41) is 0.